The Balaban J connectivity index is 1.77. The van der Waals surface area contributed by atoms with Crippen molar-refractivity contribution >= 4 is 0 Å². The smallest absolute Gasteiger partial charge is 0.233 e. The lowest BCUT2D eigenvalue weighted by atomic mass is 9.70. The Morgan fingerprint density at radius 1 is 0.839 bits per heavy atom. The molecule has 0 aliphatic rings. The molecule has 0 bridgehead atoms. The monoisotopic (exact) mass is 409 g/mol. The van der Waals surface area contributed by atoms with E-state index < -0.39 is 0 Å². The summed E-state index contributed by atoms with van der Waals surface area (Å²) in [6, 6.07) is 32.9. The highest BCUT2D eigenvalue weighted by Crippen LogP contribution is 2.39. The Labute approximate surface area is 186 Å². The molecule has 2 unspecified atom stereocenters. The number of hydrogen-bond acceptors (Lipinski definition) is 0. The molecular formula is C29H33N2+. The van der Waals surface area contributed by atoms with Crippen molar-refractivity contribution in [2.75, 3.05) is 0 Å². The van der Waals surface area contributed by atoms with E-state index in [9.17, 15) is 0 Å². The average Bonchev–Trinajstić information content (AvgIpc) is 3.31. The van der Waals surface area contributed by atoms with E-state index in [2.05, 4.69) is 133 Å². The van der Waals surface area contributed by atoms with Gasteiger partial charge in [0.15, 0.2) is 0 Å². The molecule has 4 aromatic rings. The third kappa shape index (κ3) is 4.80. The van der Waals surface area contributed by atoms with Gasteiger partial charge in [0.1, 0.15) is 24.1 Å². The second kappa shape index (κ2) is 9.78. The number of benzene rings is 3. The fourth-order valence-electron chi connectivity index (χ4n) is 4.75. The number of aromatic nitrogens is 2. The number of nitrogens with zero attached hydrogens (tertiary/aromatic N) is 2. The molecule has 0 N–H and O–H groups in total. The summed E-state index contributed by atoms with van der Waals surface area (Å²) in [5, 5.41) is 0. The van der Waals surface area contributed by atoms with E-state index in [1.165, 1.54) is 29.7 Å². The number of imidazole rings is 1. The lowest BCUT2D eigenvalue weighted by molar-refractivity contribution is -0.732. The first-order valence-corrected chi connectivity index (χ1v) is 11.4. The van der Waals surface area contributed by atoms with Crippen LogP contribution in [-0.4, -0.2) is 4.57 Å². The molecule has 4 rings (SSSR count). The zero-order chi connectivity index (χ0) is 21.5. The number of hydrogen-bond donors (Lipinski definition) is 0. The normalized spacial score (nSPS) is 14.1. The molecule has 0 fully saturated rings. The van der Waals surface area contributed by atoms with E-state index in [0.717, 1.165) is 12.8 Å². The van der Waals surface area contributed by atoms with Crippen LogP contribution in [0.5, 0.6) is 0 Å². The van der Waals surface area contributed by atoms with Crippen molar-refractivity contribution in [2.24, 2.45) is 0 Å². The molecule has 0 radical (unpaired) electrons. The lowest BCUT2D eigenvalue weighted by Crippen LogP contribution is -2.50. The Kier molecular flexibility index (Phi) is 6.66. The molecule has 0 saturated heterocycles. The van der Waals surface area contributed by atoms with E-state index in [-0.39, 0.29) is 5.41 Å². The van der Waals surface area contributed by atoms with Gasteiger partial charge in [-0.25, -0.2) is 9.13 Å². The summed E-state index contributed by atoms with van der Waals surface area (Å²) >= 11 is 0. The van der Waals surface area contributed by atoms with Crippen molar-refractivity contribution in [3.05, 3.63) is 121 Å². The second-order valence-electron chi connectivity index (χ2n) is 8.71. The highest BCUT2D eigenvalue weighted by atomic mass is 15.1. The van der Waals surface area contributed by atoms with Crippen molar-refractivity contribution in [1.29, 1.82) is 0 Å². The molecule has 0 saturated carbocycles. The minimum atomic E-state index is -0.0225. The van der Waals surface area contributed by atoms with Crippen LogP contribution in [0.3, 0.4) is 0 Å². The van der Waals surface area contributed by atoms with Crippen molar-refractivity contribution < 1.29 is 4.57 Å². The van der Waals surface area contributed by atoms with E-state index in [4.69, 9.17) is 0 Å². The van der Waals surface area contributed by atoms with Gasteiger partial charge in [-0.15, -0.1) is 0 Å². The Morgan fingerprint density at radius 3 is 2.10 bits per heavy atom. The summed E-state index contributed by atoms with van der Waals surface area (Å²) in [7, 11) is 0. The maximum Gasteiger partial charge on any atom is 0.249 e. The highest BCUT2D eigenvalue weighted by molar-refractivity contribution is 5.31. The molecule has 0 spiro atoms. The van der Waals surface area contributed by atoms with E-state index in [1.54, 1.807) is 0 Å². The molecular weight excluding hydrogens is 376 g/mol. The minimum absolute atomic E-state index is 0.0225. The Morgan fingerprint density at radius 2 is 1.45 bits per heavy atom. The van der Waals surface area contributed by atoms with Gasteiger partial charge in [0.25, 0.3) is 0 Å². The zero-order valence-corrected chi connectivity index (χ0v) is 18.7. The van der Waals surface area contributed by atoms with Crippen LogP contribution >= 0.6 is 0 Å². The molecule has 2 atom stereocenters. The second-order valence-corrected chi connectivity index (χ2v) is 8.71. The number of para-hydroxylation sites is 1. The van der Waals surface area contributed by atoms with Gasteiger partial charge in [0.2, 0.25) is 6.33 Å². The summed E-state index contributed by atoms with van der Waals surface area (Å²) in [6.07, 6.45) is 11.3. The zero-order valence-electron chi connectivity index (χ0n) is 18.7. The third-order valence-electron chi connectivity index (χ3n) is 6.49. The van der Waals surface area contributed by atoms with Crippen LogP contribution in [0, 0.1) is 0 Å². The number of rotatable bonds is 9. The van der Waals surface area contributed by atoms with Crippen molar-refractivity contribution in [3.8, 4) is 5.69 Å². The molecule has 2 heteroatoms. The SMILES string of the molecule is CCCCC([n+]1ccn(-c2ccccc2)c1)C(C)(Cc1ccccc1)c1ccccc1. The van der Waals surface area contributed by atoms with Gasteiger partial charge in [-0.2, -0.15) is 0 Å². The molecule has 3 aromatic carbocycles. The Bertz CT molecular complexity index is 1050. The standard InChI is InChI=1S/C29H33N2/c1-3-4-20-28(31-22-21-30(24-31)27-18-12-7-13-19-27)29(2,26-16-10-6-11-17-26)23-25-14-8-5-9-15-25/h5-19,21-22,24,28H,3-4,20,23H2,1-2H3/q+1. The number of unbranched alkanes of at least 4 members (excludes halogenated alkanes) is 1. The van der Waals surface area contributed by atoms with Gasteiger partial charge in [-0.05, 0) is 42.5 Å². The predicted molar refractivity (Wildman–Crippen MR) is 128 cm³/mol. The molecule has 158 valence electrons. The fourth-order valence-corrected chi connectivity index (χ4v) is 4.75. The molecule has 31 heavy (non-hydrogen) atoms. The van der Waals surface area contributed by atoms with Crippen LogP contribution in [0.4, 0.5) is 0 Å². The first-order chi connectivity index (χ1) is 15.2. The van der Waals surface area contributed by atoms with Crippen molar-refractivity contribution in [1.82, 2.24) is 4.57 Å². The van der Waals surface area contributed by atoms with Crippen LogP contribution in [0.15, 0.2) is 110 Å². The maximum absolute atomic E-state index is 2.45. The van der Waals surface area contributed by atoms with Gasteiger partial charge in [0.05, 0.1) is 0 Å². The first kappa shape index (κ1) is 21.1. The molecule has 0 aliphatic heterocycles. The molecule has 0 amide bonds. The first-order valence-electron chi connectivity index (χ1n) is 11.4. The van der Waals surface area contributed by atoms with E-state index in [0.29, 0.717) is 6.04 Å². The van der Waals surface area contributed by atoms with Crippen LogP contribution < -0.4 is 4.57 Å². The molecule has 1 heterocycles. The van der Waals surface area contributed by atoms with Gasteiger partial charge < -0.3 is 0 Å². The van der Waals surface area contributed by atoms with E-state index in [1.807, 2.05) is 0 Å². The maximum atomic E-state index is 2.45. The van der Waals surface area contributed by atoms with Crippen LogP contribution in [0.2, 0.25) is 0 Å². The van der Waals surface area contributed by atoms with Crippen molar-refractivity contribution in [2.45, 2.75) is 51.0 Å². The van der Waals surface area contributed by atoms with Crippen LogP contribution in [-0.2, 0) is 11.8 Å². The predicted octanol–water partition coefficient (Wildman–Crippen LogP) is 6.70. The van der Waals surface area contributed by atoms with Crippen LogP contribution in [0.25, 0.3) is 5.69 Å². The Hall–Kier alpha value is -3.13. The van der Waals surface area contributed by atoms with E-state index >= 15 is 0 Å². The minimum Gasteiger partial charge on any atom is -0.233 e. The summed E-state index contributed by atoms with van der Waals surface area (Å²) in [5.74, 6) is 0. The third-order valence-corrected chi connectivity index (χ3v) is 6.49. The fraction of sp³-hybridized carbons (Fsp3) is 0.276. The van der Waals surface area contributed by atoms with Gasteiger partial charge in [-0.3, -0.25) is 0 Å². The van der Waals surface area contributed by atoms with Gasteiger partial charge in [-0.1, -0.05) is 99.1 Å². The average molecular weight is 410 g/mol. The molecule has 2 nitrogen and oxygen atoms in total. The highest BCUT2D eigenvalue weighted by Gasteiger charge is 2.40. The summed E-state index contributed by atoms with van der Waals surface area (Å²) in [5.41, 5.74) is 3.96. The summed E-state index contributed by atoms with van der Waals surface area (Å²) in [4.78, 5) is 0. The van der Waals surface area contributed by atoms with Gasteiger partial charge >= 0.3 is 0 Å². The summed E-state index contributed by atoms with van der Waals surface area (Å²) in [6.45, 7) is 4.73. The lowest BCUT2D eigenvalue weighted by Gasteiger charge is -2.36. The van der Waals surface area contributed by atoms with Gasteiger partial charge in [0, 0.05) is 5.41 Å². The van der Waals surface area contributed by atoms with Crippen molar-refractivity contribution in [3.63, 3.8) is 0 Å². The summed E-state index contributed by atoms with van der Waals surface area (Å²) < 4.78 is 4.67. The topological polar surface area (TPSA) is 8.81 Å². The largest absolute Gasteiger partial charge is 0.249 e. The molecule has 0 aliphatic carbocycles. The quantitative estimate of drug-likeness (QED) is 0.272. The molecule has 1 aromatic heterocycles. The van der Waals surface area contributed by atoms with Crippen LogP contribution in [0.1, 0.15) is 50.3 Å².